The first-order chi connectivity index (χ1) is 11.2. The van der Waals surface area contributed by atoms with Crippen molar-refractivity contribution in [1.29, 1.82) is 0 Å². The summed E-state index contributed by atoms with van der Waals surface area (Å²) >= 11 is 0. The number of ketones is 1. The number of carbonyl (C=O) groups is 1. The highest BCUT2D eigenvalue weighted by Gasteiger charge is 2.27. The number of aromatic amines is 1. The highest BCUT2D eigenvalue weighted by Crippen LogP contribution is 2.37. The van der Waals surface area contributed by atoms with E-state index in [4.69, 9.17) is 4.42 Å². The average molecular weight is 311 g/mol. The molecule has 23 heavy (non-hydrogen) atoms. The van der Waals surface area contributed by atoms with Crippen molar-refractivity contribution in [1.82, 2.24) is 4.98 Å². The molecule has 0 fully saturated rings. The lowest BCUT2D eigenvalue weighted by Crippen LogP contribution is -2.19. The van der Waals surface area contributed by atoms with Crippen LogP contribution >= 0.6 is 0 Å². The number of furan rings is 1. The third-order valence-electron chi connectivity index (χ3n) is 4.96. The molecule has 0 bridgehead atoms. The molecule has 3 rings (SSSR count). The number of rotatable bonds is 7. The van der Waals surface area contributed by atoms with Gasteiger partial charge in [0.05, 0.1) is 6.26 Å². The number of carbonyl (C=O) groups excluding carboxylic acids is 1. The summed E-state index contributed by atoms with van der Waals surface area (Å²) in [6, 6.07) is 6.09. The lowest BCUT2D eigenvalue weighted by Gasteiger charge is -2.18. The zero-order chi connectivity index (χ0) is 16.4. The maximum atomic E-state index is 12.9. The van der Waals surface area contributed by atoms with Crippen molar-refractivity contribution in [2.75, 3.05) is 0 Å². The summed E-state index contributed by atoms with van der Waals surface area (Å²) in [7, 11) is 0. The van der Waals surface area contributed by atoms with Gasteiger partial charge in [-0.3, -0.25) is 4.79 Å². The van der Waals surface area contributed by atoms with Gasteiger partial charge < -0.3 is 9.40 Å². The van der Waals surface area contributed by atoms with E-state index in [1.54, 1.807) is 6.26 Å². The maximum absolute atomic E-state index is 12.9. The van der Waals surface area contributed by atoms with E-state index in [0.29, 0.717) is 5.78 Å². The fourth-order valence-electron chi connectivity index (χ4n) is 3.36. The van der Waals surface area contributed by atoms with Gasteiger partial charge in [0.15, 0.2) is 0 Å². The third-order valence-corrected chi connectivity index (χ3v) is 4.96. The SMILES string of the molecule is CCCCC(C(=O)[C@H](C)CC)c1coc2ccc3[nH]ccc3c12. The lowest BCUT2D eigenvalue weighted by atomic mass is 9.83. The Morgan fingerprint density at radius 1 is 1.26 bits per heavy atom. The Labute approximate surface area is 137 Å². The van der Waals surface area contributed by atoms with Crippen LogP contribution in [0.2, 0.25) is 0 Å². The molecule has 0 aliphatic rings. The van der Waals surface area contributed by atoms with E-state index in [1.165, 1.54) is 0 Å². The summed E-state index contributed by atoms with van der Waals surface area (Å²) in [4.78, 5) is 16.2. The first-order valence-electron chi connectivity index (χ1n) is 8.68. The monoisotopic (exact) mass is 311 g/mol. The minimum Gasteiger partial charge on any atom is -0.464 e. The summed E-state index contributed by atoms with van der Waals surface area (Å²) in [6.07, 6.45) is 7.68. The molecule has 2 heterocycles. The van der Waals surface area contributed by atoms with Gasteiger partial charge in [-0.1, -0.05) is 33.6 Å². The van der Waals surface area contributed by atoms with E-state index in [9.17, 15) is 4.79 Å². The molecule has 0 saturated heterocycles. The Balaban J connectivity index is 2.13. The molecular formula is C20H25NO2. The standard InChI is InChI=1S/C20H25NO2/c1-4-6-7-14(20(22)13(3)5-2)16-12-23-18-9-8-17-15(19(16)18)10-11-21-17/h8-14,21H,4-7H2,1-3H3/t13-,14?/m1/s1. The van der Waals surface area contributed by atoms with Gasteiger partial charge in [-0.25, -0.2) is 0 Å². The number of unbranched alkanes of at least 4 members (excludes halogenated alkanes) is 1. The van der Waals surface area contributed by atoms with Crippen LogP contribution in [0.3, 0.4) is 0 Å². The van der Waals surface area contributed by atoms with E-state index in [0.717, 1.165) is 53.1 Å². The number of Topliss-reactive ketones (excluding diaryl/α,β-unsaturated/α-hetero) is 1. The highest BCUT2D eigenvalue weighted by molar-refractivity contribution is 6.08. The smallest absolute Gasteiger partial charge is 0.143 e. The van der Waals surface area contributed by atoms with Gasteiger partial charge in [0, 0.05) is 39.9 Å². The summed E-state index contributed by atoms with van der Waals surface area (Å²) in [5, 5.41) is 2.24. The number of hydrogen-bond acceptors (Lipinski definition) is 2. The summed E-state index contributed by atoms with van der Waals surface area (Å²) in [5.41, 5.74) is 3.01. The first kappa shape index (κ1) is 15.9. The Kier molecular flexibility index (Phi) is 4.56. The largest absolute Gasteiger partial charge is 0.464 e. The van der Waals surface area contributed by atoms with E-state index in [1.807, 2.05) is 25.3 Å². The summed E-state index contributed by atoms with van der Waals surface area (Å²) < 4.78 is 5.78. The van der Waals surface area contributed by atoms with Gasteiger partial charge in [0.25, 0.3) is 0 Å². The molecule has 3 heteroatoms. The topological polar surface area (TPSA) is 46.0 Å². The predicted molar refractivity (Wildman–Crippen MR) is 94.8 cm³/mol. The van der Waals surface area contributed by atoms with Gasteiger partial charge in [0.2, 0.25) is 0 Å². The van der Waals surface area contributed by atoms with Gasteiger partial charge >= 0.3 is 0 Å². The summed E-state index contributed by atoms with van der Waals surface area (Å²) in [5.74, 6) is 0.370. The van der Waals surface area contributed by atoms with Crippen LogP contribution in [0.25, 0.3) is 21.9 Å². The van der Waals surface area contributed by atoms with Gasteiger partial charge in [-0.05, 0) is 31.0 Å². The quantitative estimate of drug-likeness (QED) is 0.599. The molecule has 2 atom stereocenters. The highest BCUT2D eigenvalue weighted by atomic mass is 16.3. The van der Waals surface area contributed by atoms with E-state index >= 15 is 0 Å². The van der Waals surface area contributed by atoms with Crippen molar-refractivity contribution in [2.24, 2.45) is 5.92 Å². The van der Waals surface area contributed by atoms with E-state index < -0.39 is 0 Å². The van der Waals surface area contributed by atoms with Crippen LogP contribution in [0.15, 0.2) is 35.1 Å². The van der Waals surface area contributed by atoms with Crippen molar-refractivity contribution in [3.8, 4) is 0 Å². The normalized spacial score (nSPS) is 14.4. The van der Waals surface area contributed by atoms with E-state index in [2.05, 4.69) is 24.9 Å². The number of benzene rings is 1. The van der Waals surface area contributed by atoms with Crippen molar-refractivity contribution in [3.05, 3.63) is 36.2 Å². The van der Waals surface area contributed by atoms with Crippen LogP contribution in [-0.2, 0) is 4.79 Å². The Hall–Kier alpha value is -2.03. The maximum Gasteiger partial charge on any atom is 0.143 e. The number of fused-ring (bicyclic) bond motifs is 3. The first-order valence-corrected chi connectivity index (χ1v) is 8.68. The zero-order valence-electron chi connectivity index (χ0n) is 14.2. The molecule has 0 aliphatic carbocycles. The van der Waals surface area contributed by atoms with Crippen LogP contribution in [0.4, 0.5) is 0 Å². The summed E-state index contributed by atoms with van der Waals surface area (Å²) in [6.45, 7) is 6.29. The molecule has 3 aromatic rings. The van der Waals surface area contributed by atoms with Gasteiger partial charge in [-0.15, -0.1) is 0 Å². The van der Waals surface area contributed by atoms with Crippen molar-refractivity contribution in [2.45, 2.75) is 52.4 Å². The van der Waals surface area contributed by atoms with Crippen LogP contribution < -0.4 is 0 Å². The lowest BCUT2D eigenvalue weighted by molar-refractivity contribution is -0.124. The van der Waals surface area contributed by atoms with Crippen LogP contribution in [0, 0.1) is 5.92 Å². The molecule has 0 radical (unpaired) electrons. The minimum atomic E-state index is -0.0633. The second-order valence-corrected chi connectivity index (χ2v) is 6.48. The van der Waals surface area contributed by atoms with Crippen molar-refractivity contribution < 1.29 is 9.21 Å². The molecule has 1 unspecified atom stereocenters. The second kappa shape index (κ2) is 6.61. The van der Waals surface area contributed by atoms with Gasteiger partial charge in [-0.2, -0.15) is 0 Å². The second-order valence-electron chi connectivity index (χ2n) is 6.48. The fraction of sp³-hybridized carbons (Fsp3) is 0.450. The number of H-pyrrole nitrogens is 1. The van der Waals surface area contributed by atoms with Crippen molar-refractivity contribution in [3.63, 3.8) is 0 Å². The molecule has 2 aromatic heterocycles. The third kappa shape index (κ3) is 2.80. The molecule has 3 nitrogen and oxygen atoms in total. The Bertz CT molecular complexity index is 811. The Morgan fingerprint density at radius 3 is 2.83 bits per heavy atom. The molecule has 1 aromatic carbocycles. The number of nitrogens with one attached hydrogen (secondary N) is 1. The molecule has 0 aliphatic heterocycles. The zero-order valence-corrected chi connectivity index (χ0v) is 14.2. The minimum absolute atomic E-state index is 0.0633. The fourth-order valence-corrected chi connectivity index (χ4v) is 3.36. The molecule has 1 N–H and O–H groups in total. The molecule has 122 valence electrons. The van der Waals surface area contributed by atoms with Crippen molar-refractivity contribution >= 4 is 27.7 Å². The predicted octanol–water partition coefficient (Wildman–Crippen LogP) is 5.80. The van der Waals surface area contributed by atoms with Gasteiger partial charge in [0.1, 0.15) is 11.4 Å². The molecular weight excluding hydrogens is 286 g/mol. The average Bonchev–Trinajstić information content (AvgIpc) is 3.20. The number of aromatic nitrogens is 1. The van der Waals surface area contributed by atoms with Crippen LogP contribution in [-0.4, -0.2) is 10.8 Å². The molecule has 0 saturated carbocycles. The Morgan fingerprint density at radius 2 is 2.09 bits per heavy atom. The molecule has 0 spiro atoms. The van der Waals surface area contributed by atoms with E-state index in [-0.39, 0.29) is 11.8 Å². The van der Waals surface area contributed by atoms with Crippen LogP contribution in [0.5, 0.6) is 0 Å². The molecule has 0 amide bonds. The van der Waals surface area contributed by atoms with Crippen LogP contribution in [0.1, 0.15) is 57.9 Å². The number of hydrogen-bond donors (Lipinski definition) is 1.